The predicted octanol–water partition coefficient (Wildman–Crippen LogP) is 2.20. The maximum absolute atomic E-state index is 12.0. The summed E-state index contributed by atoms with van der Waals surface area (Å²) >= 11 is 0. The summed E-state index contributed by atoms with van der Waals surface area (Å²) < 4.78 is 0. The van der Waals surface area contributed by atoms with Crippen molar-refractivity contribution in [3.8, 4) is 0 Å². The maximum Gasteiger partial charge on any atom is 0.225 e. The molecule has 0 aliphatic carbocycles. The van der Waals surface area contributed by atoms with Crippen LogP contribution in [0.3, 0.4) is 0 Å². The van der Waals surface area contributed by atoms with Gasteiger partial charge in [0.15, 0.2) is 0 Å². The van der Waals surface area contributed by atoms with Crippen LogP contribution in [0.15, 0.2) is 42.7 Å². The molecular formula is C19H29Cl3N6O. The summed E-state index contributed by atoms with van der Waals surface area (Å²) in [5.74, 6) is 0.866. The molecule has 162 valence electrons. The van der Waals surface area contributed by atoms with Crippen molar-refractivity contribution in [2.75, 3.05) is 49.9 Å². The number of nitrogens with zero attached hydrogens (tertiary/aromatic N) is 4. The Labute approximate surface area is 190 Å². The van der Waals surface area contributed by atoms with Gasteiger partial charge >= 0.3 is 0 Å². The number of nitrogens with two attached hydrogens (primary N) is 1. The fourth-order valence-electron chi connectivity index (χ4n) is 3.08. The molecule has 0 spiro atoms. The lowest BCUT2D eigenvalue weighted by atomic mass is 10.1. The van der Waals surface area contributed by atoms with Crippen LogP contribution in [0, 0.1) is 0 Å². The summed E-state index contributed by atoms with van der Waals surface area (Å²) in [6, 6.07) is 9.52. The predicted molar refractivity (Wildman–Crippen MR) is 125 cm³/mol. The molecule has 0 bridgehead atoms. The lowest BCUT2D eigenvalue weighted by Crippen LogP contribution is -2.49. The van der Waals surface area contributed by atoms with Crippen molar-refractivity contribution in [2.45, 2.75) is 12.8 Å². The van der Waals surface area contributed by atoms with Gasteiger partial charge in [0.2, 0.25) is 11.9 Å². The summed E-state index contributed by atoms with van der Waals surface area (Å²) in [5.41, 5.74) is 7.69. The minimum absolute atomic E-state index is 0. The molecule has 3 N–H and O–H groups in total. The van der Waals surface area contributed by atoms with Gasteiger partial charge in [0.1, 0.15) is 0 Å². The Morgan fingerprint density at radius 3 is 2.31 bits per heavy atom. The van der Waals surface area contributed by atoms with Crippen molar-refractivity contribution < 1.29 is 4.79 Å². The van der Waals surface area contributed by atoms with Gasteiger partial charge in [0.05, 0.1) is 0 Å². The van der Waals surface area contributed by atoms with Crippen LogP contribution in [0.4, 0.5) is 11.6 Å². The van der Waals surface area contributed by atoms with Crippen LogP contribution >= 0.6 is 37.2 Å². The third kappa shape index (κ3) is 8.62. The van der Waals surface area contributed by atoms with E-state index in [0.717, 1.165) is 49.9 Å². The van der Waals surface area contributed by atoms with Crippen molar-refractivity contribution in [1.82, 2.24) is 20.2 Å². The number of carbonyl (C=O) groups is 1. The molecule has 1 saturated heterocycles. The molecule has 1 fully saturated rings. The average Bonchev–Trinajstić information content (AvgIpc) is 2.69. The molecule has 0 unspecified atom stereocenters. The SMILES string of the molecule is Cl.Cl.Cl.Nc1ccccc1CCC(=O)NCCN1CCN(c2ncccn2)CC1. The van der Waals surface area contributed by atoms with Crippen LogP contribution in [-0.2, 0) is 11.2 Å². The van der Waals surface area contributed by atoms with Gasteiger partial charge in [0.25, 0.3) is 0 Å². The van der Waals surface area contributed by atoms with E-state index in [0.29, 0.717) is 19.4 Å². The highest BCUT2D eigenvalue weighted by atomic mass is 35.5. The number of para-hydroxylation sites is 1. The first kappa shape index (κ1) is 27.2. The molecule has 0 saturated carbocycles. The Kier molecular flexibility index (Phi) is 13.3. The summed E-state index contributed by atoms with van der Waals surface area (Å²) in [4.78, 5) is 25.2. The summed E-state index contributed by atoms with van der Waals surface area (Å²) in [6.45, 7) is 5.26. The van der Waals surface area contributed by atoms with Crippen LogP contribution in [0.2, 0.25) is 0 Å². The first-order valence-electron chi connectivity index (χ1n) is 9.07. The molecule has 1 aliphatic rings. The quantitative estimate of drug-likeness (QED) is 0.612. The lowest BCUT2D eigenvalue weighted by Gasteiger charge is -2.34. The first-order chi connectivity index (χ1) is 12.7. The topological polar surface area (TPSA) is 87.4 Å². The third-order valence-electron chi connectivity index (χ3n) is 4.63. The number of nitrogens with one attached hydrogen (secondary N) is 1. The molecule has 1 aliphatic heterocycles. The van der Waals surface area contributed by atoms with E-state index in [1.54, 1.807) is 12.4 Å². The molecule has 0 radical (unpaired) electrons. The zero-order valence-electron chi connectivity index (χ0n) is 16.2. The molecular weight excluding hydrogens is 435 g/mol. The molecule has 7 nitrogen and oxygen atoms in total. The second-order valence-electron chi connectivity index (χ2n) is 6.43. The number of rotatable bonds is 7. The average molecular weight is 464 g/mol. The molecule has 1 aromatic heterocycles. The van der Waals surface area contributed by atoms with Gasteiger partial charge in [-0.15, -0.1) is 37.2 Å². The number of piperazine rings is 1. The number of nitrogen functional groups attached to an aromatic ring is 1. The molecule has 10 heteroatoms. The minimum atomic E-state index is 0. The molecule has 2 aromatic rings. The van der Waals surface area contributed by atoms with Crippen molar-refractivity contribution in [3.05, 3.63) is 48.3 Å². The Hall–Kier alpha value is -1.80. The highest BCUT2D eigenvalue weighted by Crippen LogP contribution is 2.12. The van der Waals surface area contributed by atoms with Gasteiger partial charge in [-0.25, -0.2) is 9.97 Å². The van der Waals surface area contributed by atoms with Crippen molar-refractivity contribution in [1.29, 1.82) is 0 Å². The molecule has 3 rings (SSSR count). The Bertz CT molecular complexity index is 714. The molecule has 1 amide bonds. The van der Waals surface area contributed by atoms with Crippen LogP contribution in [0.5, 0.6) is 0 Å². The second kappa shape index (κ2) is 14.2. The number of amides is 1. The van der Waals surface area contributed by atoms with Crippen molar-refractivity contribution >= 4 is 54.8 Å². The van der Waals surface area contributed by atoms with E-state index in [4.69, 9.17) is 5.73 Å². The fourth-order valence-corrected chi connectivity index (χ4v) is 3.08. The molecule has 0 atom stereocenters. The summed E-state index contributed by atoms with van der Waals surface area (Å²) in [5, 5.41) is 3.00. The van der Waals surface area contributed by atoms with Crippen molar-refractivity contribution in [3.63, 3.8) is 0 Å². The van der Waals surface area contributed by atoms with Crippen LogP contribution in [0.1, 0.15) is 12.0 Å². The fraction of sp³-hybridized carbons (Fsp3) is 0.421. The normalized spacial score (nSPS) is 13.4. The standard InChI is InChI=1S/C19H26N6O.3ClH/c20-17-5-2-1-4-16(17)6-7-18(26)21-10-11-24-12-14-25(15-13-24)19-22-8-3-9-23-19;;;/h1-5,8-9H,6-7,10-15,20H2,(H,21,26);3*1H. The van der Waals surface area contributed by atoms with Crippen LogP contribution < -0.4 is 16.0 Å². The van der Waals surface area contributed by atoms with Crippen molar-refractivity contribution in [2.24, 2.45) is 0 Å². The van der Waals surface area contributed by atoms with E-state index >= 15 is 0 Å². The van der Waals surface area contributed by atoms with Gasteiger partial charge in [-0.05, 0) is 24.1 Å². The Morgan fingerprint density at radius 2 is 1.66 bits per heavy atom. The number of hydrogen-bond donors (Lipinski definition) is 2. The van der Waals surface area contributed by atoms with E-state index in [9.17, 15) is 4.79 Å². The smallest absolute Gasteiger partial charge is 0.225 e. The first-order valence-corrected chi connectivity index (χ1v) is 9.07. The van der Waals surface area contributed by atoms with Gasteiger partial charge < -0.3 is 16.0 Å². The number of anilines is 2. The number of aromatic nitrogens is 2. The third-order valence-corrected chi connectivity index (χ3v) is 4.63. The Balaban J connectivity index is 0.00000261. The number of carbonyl (C=O) groups excluding carboxylic acids is 1. The summed E-state index contributed by atoms with van der Waals surface area (Å²) in [6.07, 6.45) is 4.68. The number of halogens is 3. The van der Waals surface area contributed by atoms with E-state index in [1.165, 1.54) is 0 Å². The largest absolute Gasteiger partial charge is 0.399 e. The molecule has 2 heterocycles. The number of hydrogen-bond acceptors (Lipinski definition) is 6. The zero-order chi connectivity index (χ0) is 18.2. The van der Waals surface area contributed by atoms with Gasteiger partial charge in [0, 0.05) is 63.8 Å². The van der Waals surface area contributed by atoms with Gasteiger partial charge in [-0.3, -0.25) is 9.69 Å². The van der Waals surface area contributed by atoms with E-state index < -0.39 is 0 Å². The summed E-state index contributed by atoms with van der Waals surface area (Å²) in [7, 11) is 0. The highest BCUT2D eigenvalue weighted by molar-refractivity contribution is 5.86. The van der Waals surface area contributed by atoms with Gasteiger partial charge in [-0.2, -0.15) is 0 Å². The van der Waals surface area contributed by atoms with E-state index in [-0.39, 0.29) is 43.1 Å². The molecule has 29 heavy (non-hydrogen) atoms. The van der Waals surface area contributed by atoms with Crippen LogP contribution in [-0.4, -0.2) is 60.0 Å². The van der Waals surface area contributed by atoms with Crippen LogP contribution in [0.25, 0.3) is 0 Å². The number of aryl methyl sites for hydroxylation is 1. The van der Waals surface area contributed by atoms with E-state index in [2.05, 4.69) is 25.1 Å². The highest BCUT2D eigenvalue weighted by Gasteiger charge is 2.18. The zero-order valence-corrected chi connectivity index (χ0v) is 18.6. The molecule has 1 aromatic carbocycles. The lowest BCUT2D eigenvalue weighted by molar-refractivity contribution is -0.121. The number of benzene rings is 1. The van der Waals surface area contributed by atoms with Gasteiger partial charge in [-0.1, -0.05) is 18.2 Å². The second-order valence-corrected chi connectivity index (χ2v) is 6.43. The Morgan fingerprint density at radius 1 is 1.00 bits per heavy atom. The minimum Gasteiger partial charge on any atom is -0.399 e. The monoisotopic (exact) mass is 462 g/mol. The maximum atomic E-state index is 12.0. The van der Waals surface area contributed by atoms with E-state index in [1.807, 2.05) is 30.3 Å².